The summed E-state index contributed by atoms with van der Waals surface area (Å²) in [5, 5.41) is 3.52. The second kappa shape index (κ2) is 5.62. The van der Waals surface area contributed by atoms with E-state index in [1.54, 1.807) is 0 Å². The number of nitrogens with two attached hydrogens (primary N) is 1. The van der Waals surface area contributed by atoms with Gasteiger partial charge in [-0.15, -0.1) is 0 Å². The molecule has 0 amide bonds. The number of hydrogen-bond acceptors (Lipinski definition) is 3. The molecule has 17 heavy (non-hydrogen) atoms. The van der Waals surface area contributed by atoms with Gasteiger partial charge in [0, 0.05) is 17.8 Å². The molecule has 1 atom stereocenters. The molecule has 1 aliphatic carbocycles. The maximum absolute atomic E-state index is 5.84. The van der Waals surface area contributed by atoms with Crippen molar-refractivity contribution in [2.24, 2.45) is 0 Å². The number of nitrogen functional groups attached to an aromatic ring is 1. The minimum atomic E-state index is 0.526. The van der Waals surface area contributed by atoms with E-state index in [0.717, 1.165) is 24.3 Å². The van der Waals surface area contributed by atoms with Crippen LogP contribution in [0.5, 0.6) is 5.75 Å². The topological polar surface area (TPSA) is 47.3 Å². The molecule has 0 aliphatic heterocycles. The van der Waals surface area contributed by atoms with Crippen molar-refractivity contribution in [2.75, 3.05) is 17.7 Å². The van der Waals surface area contributed by atoms with Crippen molar-refractivity contribution in [2.45, 2.75) is 32.2 Å². The van der Waals surface area contributed by atoms with E-state index in [4.69, 9.17) is 10.5 Å². The van der Waals surface area contributed by atoms with Crippen molar-refractivity contribution >= 4 is 11.4 Å². The lowest BCUT2D eigenvalue weighted by molar-refractivity contribution is 0.342. The fourth-order valence-electron chi connectivity index (χ4n) is 2.07. The van der Waals surface area contributed by atoms with Crippen LogP contribution in [0, 0.1) is 0 Å². The summed E-state index contributed by atoms with van der Waals surface area (Å²) in [7, 11) is 0. The van der Waals surface area contributed by atoms with Gasteiger partial charge in [-0.3, -0.25) is 0 Å². The van der Waals surface area contributed by atoms with Crippen LogP contribution < -0.4 is 15.8 Å². The highest BCUT2D eigenvalue weighted by molar-refractivity contribution is 5.61. The summed E-state index contributed by atoms with van der Waals surface area (Å²) < 4.78 is 5.49. The molecular weight excluding hydrogens is 212 g/mol. The molecule has 1 unspecified atom stereocenters. The van der Waals surface area contributed by atoms with Gasteiger partial charge in [0.15, 0.2) is 0 Å². The summed E-state index contributed by atoms with van der Waals surface area (Å²) in [5.41, 5.74) is 7.63. The van der Waals surface area contributed by atoms with E-state index in [1.807, 2.05) is 25.1 Å². The van der Waals surface area contributed by atoms with Gasteiger partial charge < -0.3 is 15.8 Å². The Bertz CT molecular complexity index is 401. The quantitative estimate of drug-likeness (QED) is 0.619. The fraction of sp³-hybridized carbons (Fsp3) is 0.429. The first-order chi connectivity index (χ1) is 8.29. The minimum Gasteiger partial charge on any atom is -0.492 e. The summed E-state index contributed by atoms with van der Waals surface area (Å²) >= 11 is 0. The normalized spacial score (nSPS) is 19.0. The molecule has 3 heteroatoms. The summed E-state index contributed by atoms with van der Waals surface area (Å²) in [6, 6.07) is 6.41. The first-order valence-electron chi connectivity index (χ1n) is 6.23. The Kier molecular flexibility index (Phi) is 3.91. The van der Waals surface area contributed by atoms with E-state index in [9.17, 15) is 0 Å². The highest BCUT2D eigenvalue weighted by Crippen LogP contribution is 2.27. The first kappa shape index (κ1) is 11.8. The minimum absolute atomic E-state index is 0.526. The number of allylic oxidation sites excluding steroid dienone is 1. The van der Waals surface area contributed by atoms with Crippen molar-refractivity contribution in [3.63, 3.8) is 0 Å². The average Bonchev–Trinajstić information content (AvgIpc) is 2.35. The average molecular weight is 232 g/mol. The van der Waals surface area contributed by atoms with Crippen molar-refractivity contribution < 1.29 is 4.74 Å². The zero-order valence-electron chi connectivity index (χ0n) is 10.3. The van der Waals surface area contributed by atoms with Gasteiger partial charge in [-0.05, 0) is 38.3 Å². The number of benzene rings is 1. The van der Waals surface area contributed by atoms with Gasteiger partial charge in [0.1, 0.15) is 5.75 Å². The van der Waals surface area contributed by atoms with E-state index < -0.39 is 0 Å². The summed E-state index contributed by atoms with van der Waals surface area (Å²) in [5.74, 6) is 0.767. The van der Waals surface area contributed by atoms with Crippen LogP contribution in [0.25, 0.3) is 0 Å². The Hall–Kier alpha value is -1.64. The second-order valence-electron chi connectivity index (χ2n) is 4.31. The van der Waals surface area contributed by atoms with E-state index in [2.05, 4.69) is 17.5 Å². The van der Waals surface area contributed by atoms with E-state index in [1.165, 1.54) is 6.42 Å². The number of anilines is 2. The highest BCUT2D eigenvalue weighted by atomic mass is 16.5. The first-order valence-corrected chi connectivity index (χ1v) is 6.23. The summed E-state index contributed by atoms with van der Waals surface area (Å²) in [6.07, 6.45) is 7.92. The van der Waals surface area contributed by atoms with Gasteiger partial charge >= 0.3 is 0 Å². The molecule has 0 bridgehead atoms. The third-order valence-corrected chi connectivity index (χ3v) is 2.95. The van der Waals surface area contributed by atoms with Crippen LogP contribution in [-0.2, 0) is 0 Å². The molecule has 2 rings (SSSR count). The smallest absolute Gasteiger partial charge is 0.144 e. The SMILES string of the molecule is CCOc1cc(NC2CC=CCC2)ccc1N. The zero-order valence-corrected chi connectivity index (χ0v) is 10.3. The molecule has 92 valence electrons. The van der Waals surface area contributed by atoms with Gasteiger partial charge in [0.05, 0.1) is 12.3 Å². The monoisotopic (exact) mass is 232 g/mol. The largest absolute Gasteiger partial charge is 0.492 e. The van der Waals surface area contributed by atoms with Gasteiger partial charge in [0.25, 0.3) is 0 Å². The predicted molar refractivity (Wildman–Crippen MR) is 72.4 cm³/mol. The Labute approximate surface area is 103 Å². The van der Waals surface area contributed by atoms with Crippen molar-refractivity contribution in [3.8, 4) is 5.75 Å². The van der Waals surface area contributed by atoms with Gasteiger partial charge in [0.2, 0.25) is 0 Å². The second-order valence-corrected chi connectivity index (χ2v) is 4.31. The van der Waals surface area contributed by atoms with E-state index >= 15 is 0 Å². The van der Waals surface area contributed by atoms with Crippen LogP contribution in [0.15, 0.2) is 30.4 Å². The van der Waals surface area contributed by atoms with Crippen LogP contribution in [0.3, 0.4) is 0 Å². The third-order valence-electron chi connectivity index (χ3n) is 2.95. The van der Waals surface area contributed by atoms with Crippen LogP contribution in [0.4, 0.5) is 11.4 Å². The Morgan fingerprint density at radius 3 is 3.00 bits per heavy atom. The predicted octanol–water partition coefficient (Wildman–Crippen LogP) is 3.19. The molecule has 0 spiro atoms. The third kappa shape index (κ3) is 3.16. The Morgan fingerprint density at radius 2 is 2.29 bits per heavy atom. The molecule has 0 fully saturated rings. The molecule has 1 aliphatic rings. The van der Waals surface area contributed by atoms with Crippen LogP contribution >= 0.6 is 0 Å². The molecule has 0 saturated carbocycles. The molecular formula is C14H20N2O. The number of nitrogens with one attached hydrogen (secondary N) is 1. The number of ether oxygens (including phenoxy) is 1. The molecule has 1 aromatic rings. The zero-order chi connectivity index (χ0) is 12.1. The highest BCUT2D eigenvalue weighted by Gasteiger charge is 2.10. The maximum Gasteiger partial charge on any atom is 0.144 e. The molecule has 0 aromatic heterocycles. The molecule has 0 radical (unpaired) electrons. The molecule has 1 aromatic carbocycles. The summed E-state index contributed by atoms with van der Waals surface area (Å²) in [6.45, 7) is 2.60. The van der Waals surface area contributed by atoms with Crippen molar-refractivity contribution in [1.82, 2.24) is 0 Å². The number of rotatable bonds is 4. The van der Waals surface area contributed by atoms with Crippen LogP contribution in [0.1, 0.15) is 26.2 Å². The molecule has 3 nitrogen and oxygen atoms in total. The maximum atomic E-state index is 5.84. The standard InChI is InChI=1S/C14H20N2O/c1-2-17-14-10-12(8-9-13(14)15)16-11-6-4-3-5-7-11/h3-4,8-11,16H,2,5-7,15H2,1H3. The lowest BCUT2D eigenvalue weighted by Crippen LogP contribution is -2.20. The van der Waals surface area contributed by atoms with Crippen molar-refractivity contribution in [1.29, 1.82) is 0 Å². The summed E-state index contributed by atoms with van der Waals surface area (Å²) in [4.78, 5) is 0. The molecule has 3 N–H and O–H groups in total. The van der Waals surface area contributed by atoms with E-state index in [-0.39, 0.29) is 0 Å². The van der Waals surface area contributed by atoms with Crippen LogP contribution in [-0.4, -0.2) is 12.6 Å². The molecule has 0 heterocycles. The lowest BCUT2D eigenvalue weighted by atomic mass is 10.0. The fourth-order valence-corrected chi connectivity index (χ4v) is 2.07. The van der Waals surface area contributed by atoms with Gasteiger partial charge in [-0.2, -0.15) is 0 Å². The van der Waals surface area contributed by atoms with E-state index in [0.29, 0.717) is 18.3 Å². The van der Waals surface area contributed by atoms with Gasteiger partial charge in [-0.1, -0.05) is 12.2 Å². The van der Waals surface area contributed by atoms with Crippen LogP contribution in [0.2, 0.25) is 0 Å². The van der Waals surface area contributed by atoms with Crippen molar-refractivity contribution in [3.05, 3.63) is 30.4 Å². The number of hydrogen-bond donors (Lipinski definition) is 2. The lowest BCUT2D eigenvalue weighted by Gasteiger charge is -2.21. The van der Waals surface area contributed by atoms with Gasteiger partial charge in [-0.25, -0.2) is 0 Å². The Balaban J connectivity index is 2.05. The Morgan fingerprint density at radius 1 is 1.41 bits per heavy atom. The molecule has 0 saturated heterocycles.